The van der Waals surface area contributed by atoms with Crippen molar-refractivity contribution >= 4 is 23.4 Å². The number of fused-ring (bicyclic) bond motifs is 2. The lowest BCUT2D eigenvalue weighted by molar-refractivity contribution is -0.122. The van der Waals surface area contributed by atoms with Crippen molar-refractivity contribution < 1.29 is 14.4 Å². The summed E-state index contributed by atoms with van der Waals surface area (Å²) in [7, 11) is 0. The Labute approximate surface area is 199 Å². The topological polar surface area (TPSA) is 69.7 Å². The summed E-state index contributed by atoms with van der Waals surface area (Å²) in [4.78, 5) is 42.5. The van der Waals surface area contributed by atoms with Crippen LogP contribution in [-0.4, -0.2) is 35.2 Å². The highest BCUT2D eigenvalue weighted by Crippen LogP contribution is 2.33. The number of hydrogen-bond donors (Lipinski definition) is 1. The zero-order valence-electron chi connectivity index (χ0n) is 19.2. The second-order valence-corrected chi connectivity index (χ2v) is 8.97. The molecule has 0 radical (unpaired) electrons. The van der Waals surface area contributed by atoms with E-state index in [4.69, 9.17) is 0 Å². The number of nitrogens with zero attached hydrogens (tertiary/aromatic N) is 2. The van der Waals surface area contributed by atoms with E-state index in [-0.39, 0.29) is 17.7 Å². The summed E-state index contributed by atoms with van der Waals surface area (Å²) in [6.07, 6.45) is 1.53. The smallest absolute Gasteiger partial charge is 0.256 e. The molecule has 0 saturated carbocycles. The predicted molar refractivity (Wildman–Crippen MR) is 130 cm³/mol. The second-order valence-electron chi connectivity index (χ2n) is 8.97. The Morgan fingerprint density at radius 1 is 0.971 bits per heavy atom. The fraction of sp³-hybridized carbons (Fsp3) is 0.250. The molecule has 2 heterocycles. The van der Waals surface area contributed by atoms with Crippen LogP contribution in [0.15, 0.2) is 72.8 Å². The average molecular weight is 454 g/mol. The first-order valence-electron chi connectivity index (χ1n) is 11.7. The molecule has 6 nitrogen and oxygen atoms in total. The predicted octanol–water partition coefficient (Wildman–Crippen LogP) is 4.08. The Morgan fingerprint density at radius 3 is 2.56 bits per heavy atom. The van der Waals surface area contributed by atoms with E-state index >= 15 is 0 Å². The van der Waals surface area contributed by atoms with Crippen LogP contribution in [0.4, 0.5) is 5.69 Å². The van der Waals surface area contributed by atoms with Crippen molar-refractivity contribution in [2.45, 2.75) is 38.9 Å². The van der Waals surface area contributed by atoms with Crippen LogP contribution in [0.3, 0.4) is 0 Å². The molecule has 1 saturated heterocycles. The van der Waals surface area contributed by atoms with Gasteiger partial charge in [0.25, 0.3) is 11.8 Å². The van der Waals surface area contributed by atoms with Gasteiger partial charge < -0.3 is 15.1 Å². The summed E-state index contributed by atoms with van der Waals surface area (Å²) in [5, 5.41) is 2.96. The number of anilines is 1. The molecular formula is C28H27N3O3. The molecule has 3 aromatic rings. The Bertz CT molecular complexity index is 1250. The third-order valence-electron chi connectivity index (χ3n) is 6.58. The molecule has 0 bridgehead atoms. The van der Waals surface area contributed by atoms with Crippen LogP contribution in [0.5, 0.6) is 0 Å². The maximum Gasteiger partial charge on any atom is 0.256 e. The molecule has 2 aliphatic rings. The van der Waals surface area contributed by atoms with E-state index in [1.807, 2.05) is 55.5 Å². The van der Waals surface area contributed by atoms with Crippen LogP contribution in [0.25, 0.3) is 0 Å². The summed E-state index contributed by atoms with van der Waals surface area (Å²) in [5.74, 6) is -0.262. The Morgan fingerprint density at radius 2 is 1.76 bits per heavy atom. The maximum absolute atomic E-state index is 13.4. The fourth-order valence-corrected chi connectivity index (χ4v) is 4.82. The molecular weight excluding hydrogens is 426 g/mol. The lowest BCUT2D eigenvalue weighted by atomic mass is 10.1. The summed E-state index contributed by atoms with van der Waals surface area (Å²) in [6.45, 7) is 3.45. The number of para-hydroxylation sites is 1. The van der Waals surface area contributed by atoms with Crippen LogP contribution in [0, 0.1) is 6.92 Å². The average Bonchev–Trinajstić information content (AvgIpc) is 3.33. The van der Waals surface area contributed by atoms with Gasteiger partial charge in [0.2, 0.25) is 5.91 Å². The summed E-state index contributed by atoms with van der Waals surface area (Å²) >= 11 is 0. The van der Waals surface area contributed by atoms with Crippen LogP contribution in [0.2, 0.25) is 0 Å². The molecule has 34 heavy (non-hydrogen) atoms. The minimum absolute atomic E-state index is 0.0456. The van der Waals surface area contributed by atoms with E-state index < -0.39 is 6.04 Å². The molecule has 1 N–H and O–H groups in total. The Balaban J connectivity index is 1.33. The van der Waals surface area contributed by atoms with E-state index in [0.29, 0.717) is 42.9 Å². The molecule has 0 spiro atoms. The van der Waals surface area contributed by atoms with Gasteiger partial charge in [-0.05, 0) is 55.2 Å². The third kappa shape index (κ3) is 4.19. The largest absolute Gasteiger partial charge is 0.348 e. The first-order chi connectivity index (χ1) is 16.5. The van der Waals surface area contributed by atoms with E-state index in [2.05, 4.69) is 11.4 Å². The van der Waals surface area contributed by atoms with Gasteiger partial charge in [-0.2, -0.15) is 0 Å². The normalized spacial score (nSPS) is 17.3. The number of aryl methyl sites for hydroxylation is 1. The summed E-state index contributed by atoms with van der Waals surface area (Å²) < 4.78 is 0. The number of benzene rings is 3. The Hall–Kier alpha value is -3.93. The maximum atomic E-state index is 13.4. The highest BCUT2D eigenvalue weighted by atomic mass is 16.2. The van der Waals surface area contributed by atoms with Crippen molar-refractivity contribution in [3.63, 3.8) is 0 Å². The number of rotatable bonds is 5. The van der Waals surface area contributed by atoms with E-state index in [0.717, 1.165) is 23.1 Å². The van der Waals surface area contributed by atoms with Gasteiger partial charge >= 0.3 is 0 Å². The van der Waals surface area contributed by atoms with Crippen molar-refractivity contribution in [1.29, 1.82) is 0 Å². The molecule has 6 heteroatoms. The van der Waals surface area contributed by atoms with E-state index in [1.165, 1.54) is 0 Å². The summed E-state index contributed by atoms with van der Waals surface area (Å²) in [6, 6.07) is 22.2. The zero-order chi connectivity index (χ0) is 23.7. The van der Waals surface area contributed by atoms with E-state index in [9.17, 15) is 14.4 Å². The first-order valence-corrected chi connectivity index (χ1v) is 11.7. The van der Waals surface area contributed by atoms with Gasteiger partial charge in [0, 0.05) is 18.7 Å². The van der Waals surface area contributed by atoms with E-state index in [1.54, 1.807) is 28.0 Å². The molecule has 172 valence electrons. The van der Waals surface area contributed by atoms with Crippen molar-refractivity contribution in [3.8, 4) is 0 Å². The molecule has 0 aliphatic carbocycles. The monoisotopic (exact) mass is 453 g/mol. The lowest BCUT2D eigenvalue weighted by Crippen LogP contribution is -2.44. The first kappa shape index (κ1) is 21.9. The molecule has 0 unspecified atom stereocenters. The summed E-state index contributed by atoms with van der Waals surface area (Å²) in [5.41, 5.74) is 4.88. The second kappa shape index (κ2) is 9.14. The van der Waals surface area contributed by atoms with Crippen molar-refractivity contribution in [1.82, 2.24) is 10.2 Å². The highest BCUT2D eigenvalue weighted by Gasteiger charge is 2.41. The van der Waals surface area contributed by atoms with Gasteiger partial charge in [0.05, 0.1) is 17.8 Å². The fourth-order valence-electron chi connectivity index (χ4n) is 4.82. The number of amides is 3. The van der Waals surface area contributed by atoms with Crippen LogP contribution in [0.1, 0.15) is 50.2 Å². The van der Waals surface area contributed by atoms with Crippen LogP contribution >= 0.6 is 0 Å². The van der Waals surface area contributed by atoms with Crippen LogP contribution < -0.4 is 10.2 Å². The van der Waals surface area contributed by atoms with Gasteiger partial charge in [-0.3, -0.25) is 14.4 Å². The third-order valence-corrected chi connectivity index (χ3v) is 6.58. The van der Waals surface area contributed by atoms with Gasteiger partial charge in [-0.15, -0.1) is 0 Å². The number of nitrogens with one attached hydrogen (secondary N) is 1. The minimum atomic E-state index is -0.411. The SMILES string of the molecule is Cc1cccc(CNC(=O)c2ccc(CN3C(=O)[C@H]4CCCN4C(=O)c4ccccc43)cc2)c1. The quantitative estimate of drug-likeness (QED) is 0.633. The zero-order valence-corrected chi connectivity index (χ0v) is 19.2. The minimum Gasteiger partial charge on any atom is -0.348 e. The number of hydrogen-bond acceptors (Lipinski definition) is 3. The molecule has 0 aromatic heterocycles. The lowest BCUT2D eigenvalue weighted by Gasteiger charge is -2.26. The van der Waals surface area contributed by atoms with Gasteiger partial charge in [0.15, 0.2) is 0 Å². The highest BCUT2D eigenvalue weighted by molar-refractivity contribution is 6.11. The molecule has 3 aromatic carbocycles. The molecule has 1 atom stereocenters. The van der Waals surface area contributed by atoms with Crippen molar-refractivity contribution in [2.75, 3.05) is 11.4 Å². The van der Waals surface area contributed by atoms with Crippen LogP contribution in [-0.2, 0) is 17.9 Å². The van der Waals surface area contributed by atoms with Gasteiger partial charge in [-0.1, -0.05) is 54.1 Å². The Kier molecular flexibility index (Phi) is 5.88. The standard InChI is InChI=1S/C28H27N3O3/c1-19-6-4-7-21(16-19)17-29-26(32)22-13-11-20(12-14-22)18-31-24-9-3-2-8-23(24)27(33)30-15-5-10-25(30)28(31)34/h2-4,6-9,11-14,16,25H,5,10,15,17-18H2,1H3,(H,29,32)/t25-/m1/s1. The number of carbonyl (C=O) groups excluding carboxylic acids is 3. The van der Waals surface area contributed by atoms with Gasteiger partial charge in [0.1, 0.15) is 6.04 Å². The molecule has 5 rings (SSSR count). The number of carbonyl (C=O) groups is 3. The van der Waals surface area contributed by atoms with Crippen molar-refractivity contribution in [3.05, 3.63) is 101 Å². The molecule has 2 aliphatic heterocycles. The molecule has 3 amide bonds. The molecule has 1 fully saturated rings. The van der Waals surface area contributed by atoms with Gasteiger partial charge in [-0.25, -0.2) is 0 Å². The van der Waals surface area contributed by atoms with Crippen molar-refractivity contribution in [2.24, 2.45) is 0 Å².